The minimum Gasteiger partial charge on any atom is -0.227 e. The molecule has 0 aliphatic rings. The Morgan fingerprint density at radius 2 is 1.89 bits per heavy atom. The Hall–Kier alpha value is -1.16. The highest BCUT2D eigenvalue weighted by molar-refractivity contribution is 7.14. The molecular weight excluding hydrogens is 299 g/mol. The second-order valence-electron chi connectivity index (χ2n) is 4.42. The van der Waals surface area contributed by atoms with Gasteiger partial charge in [-0.25, -0.2) is 9.97 Å². The van der Waals surface area contributed by atoms with Crippen molar-refractivity contribution in [1.82, 2.24) is 9.97 Å². The third-order valence-electron chi connectivity index (χ3n) is 2.91. The van der Waals surface area contributed by atoms with E-state index in [1.54, 1.807) is 0 Å². The van der Waals surface area contributed by atoms with E-state index in [1.165, 1.54) is 11.3 Å². The number of nitrogens with zero attached hydrogens (tertiary/aromatic N) is 2. The summed E-state index contributed by atoms with van der Waals surface area (Å²) in [6, 6.07) is 5.95. The number of aromatic nitrogens is 2. The molecule has 0 bridgehead atoms. The van der Waals surface area contributed by atoms with Gasteiger partial charge >= 0.3 is 0 Å². The van der Waals surface area contributed by atoms with Crippen LogP contribution in [-0.2, 0) is 0 Å². The second-order valence-corrected chi connectivity index (χ2v) is 6.04. The Morgan fingerprint density at radius 3 is 2.58 bits per heavy atom. The highest BCUT2D eigenvalue weighted by atomic mass is 35.5. The van der Waals surface area contributed by atoms with Gasteiger partial charge in [0.2, 0.25) is 0 Å². The van der Waals surface area contributed by atoms with Gasteiger partial charge in [-0.3, -0.25) is 0 Å². The number of halogens is 2. The first kappa shape index (κ1) is 12.9. The molecule has 0 aliphatic heterocycles. The van der Waals surface area contributed by atoms with E-state index in [4.69, 9.17) is 23.2 Å². The Kier molecular flexibility index (Phi) is 3.21. The summed E-state index contributed by atoms with van der Waals surface area (Å²) in [5.74, 6) is 0.587. The van der Waals surface area contributed by atoms with Crippen molar-refractivity contribution in [2.24, 2.45) is 0 Å². The third-order valence-corrected chi connectivity index (χ3v) is 4.89. The minimum atomic E-state index is 0.464. The number of aryl methyl sites for hydroxylation is 2. The molecule has 0 saturated heterocycles. The summed E-state index contributed by atoms with van der Waals surface area (Å²) in [5, 5.41) is 4.03. The predicted molar refractivity (Wildman–Crippen MR) is 82.3 cm³/mol. The van der Waals surface area contributed by atoms with Gasteiger partial charge in [0.1, 0.15) is 5.15 Å². The summed E-state index contributed by atoms with van der Waals surface area (Å²) >= 11 is 14.0. The molecule has 0 N–H and O–H groups in total. The van der Waals surface area contributed by atoms with Crippen molar-refractivity contribution in [2.75, 3.05) is 0 Å². The maximum atomic E-state index is 6.26. The van der Waals surface area contributed by atoms with Crippen LogP contribution in [0.5, 0.6) is 0 Å². The van der Waals surface area contributed by atoms with Gasteiger partial charge in [-0.05, 0) is 36.9 Å². The summed E-state index contributed by atoms with van der Waals surface area (Å²) in [5.41, 5.74) is 3.00. The number of hydrogen-bond donors (Lipinski definition) is 0. The van der Waals surface area contributed by atoms with Gasteiger partial charge < -0.3 is 0 Å². The molecule has 19 heavy (non-hydrogen) atoms. The number of rotatable bonds is 1. The molecule has 0 spiro atoms. The molecule has 0 aliphatic carbocycles. The highest BCUT2D eigenvalue weighted by Crippen LogP contribution is 2.36. The number of thiophene rings is 1. The van der Waals surface area contributed by atoms with Crippen molar-refractivity contribution in [3.63, 3.8) is 0 Å². The van der Waals surface area contributed by atoms with Crippen molar-refractivity contribution in [1.29, 1.82) is 0 Å². The van der Waals surface area contributed by atoms with Crippen LogP contribution < -0.4 is 0 Å². The van der Waals surface area contributed by atoms with Crippen molar-refractivity contribution in [2.45, 2.75) is 13.8 Å². The normalized spacial score (nSPS) is 11.2. The fraction of sp³-hybridized carbons (Fsp3) is 0.143. The van der Waals surface area contributed by atoms with E-state index in [9.17, 15) is 0 Å². The van der Waals surface area contributed by atoms with Crippen molar-refractivity contribution in [3.05, 3.63) is 44.9 Å². The SMILES string of the molecule is Cc1ccc2nc(-c3scc(C)c3Cl)nc(Cl)c2c1. The first-order chi connectivity index (χ1) is 9.06. The van der Waals surface area contributed by atoms with Gasteiger partial charge in [0.25, 0.3) is 0 Å². The lowest BCUT2D eigenvalue weighted by molar-refractivity contribution is 1.23. The minimum absolute atomic E-state index is 0.464. The number of fused-ring (bicyclic) bond motifs is 1. The lowest BCUT2D eigenvalue weighted by Crippen LogP contribution is -1.91. The van der Waals surface area contributed by atoms with Gasteiger partial charge in [0, 0.05) is 5.39 Å². The lowest BCUT2D eigenvalue weighted by atomic mass is 10.2. The molecule has 3 aromatic rings. The summed E-state index contributed by atoms with van der Waals surface area (Å²) in [6.07, 6.45) is 0. The van der Waals surface area contributed by atoms with Crippen LogP contribution in [0.2, 0.25) is 10.2 Å². The van der Waals surface area contributed by atoms with Crippen LogP contribution in [0.3, 0.4) is 0 Å². The molecule has 96 valence electrons. The summed E-state index contributed by atoms with van der Waals surface area (Å²) in [7, 11) is 0. The van der Waals surface area contributed by atoms with Crippen LogP contribution in [0.15, 0.2) is 23.6 Å². The van der Waals surface area contributed by atoms with Crippen LogP contribution in [-0.4, -0.2) is 9.97 Å². The van der Waals surface area contributed by atoms with Crippen LogP contribution in [0, 0.1) is 13.8 Å². The monoisotopic (exact) mass is 308 g/mol. The molecular formula is C14H10Cl2N2S. The molecule has 0 amide bonds. The zero-order valence-electron chi connectivity index (χ0n) is 10.4. The van der Waals surface area contributed by atoms with E-state index in [1.807, 2.05) is 37.4 Å². The molecule has 0 saturated carbocycles. The van der Waals surface area contributed by atoms with Crippen LogP contribution >= 0.6 is 34.5 Å². The second kappa shape index (κ2) is 4.75. The zero-order chi connectivity index (χ0) is 13.6. The van der Waals surface area contributed by atoms with Crippen LogP contribution in [0.1, 0.15) is 11.1 Å². The van der Waals surface area contributed by atoms with E-state index < -0.39 is 0 Å². The molecule has 3 rings (SSSR count). The molecule has 5 heteroatoms. The summed E-state index contributed by atoms with van der Waals surface area (Å²) in [4.78, 5) is 9.78. The topological polar surface area (TPSA) is 25.8 Å². The average molecular weight is 309 g/mol. The van der Waals surface area contributed by atoms with Crippen molar-refractivity contribution < 1.29 is 0 Å². The zero-order valence-corrected chi connectivity index (χ0v) is 12.7. The smallest absolute Gasteiger partial charge is 0.173 e. The molecule has 1 aromatic carbocycles. The van der Waals surface area contributed by atoms with Gasteiger partial charge in [0.05, 0.1) is 15.4 Å². The Bertz CT molecular complexity index is 780. The van der Waals surface area contributed by atoms with Gasteiger partial charge in [0.15, 0.2) is 5.82 Å². The maximum Gasteiger partial charge on any atom is 0.173 e. The van der Waals surface area contributed by atoms with E-state index in [0.717, 1.165) is 26.9 Å². The molecule has 2 nitrogen and oxygen atoms in total. The van der Waals surface area contributed by atoms with Crippen LogP contribution in [0.25, 0.3) is 21.6 Å². The van der Waals surface area contributed by atoms with Crippen molar-refractivity contribution in [3.8, 4) is 10.7 Å². The molecule has 0 fully saturated rings. The average Bonchev–Trinajstić information content (AvgIpc) is 2.71. The standard InChI is InChI=1S/C14H10Cl2N2S/c1-7-3-4-10-9(5-7)13(16)18-14(17-10)12-11(15)8(2)6-19-12/h3-6H,1-2H3. The van der Waals surface area contributed by atoms with Gasteiger partial charge in [-0.2, -0.15) is 0 Å². The fourth-order valence-corrected chi connectivity index (χ4v) is 3.33. The maximum absolute atomic E-state index is 6.26. The quantitative estimate of drug-likeness (QED) is 0.571. The molecule has 2 aromatic heterocycles. The van der Waals surface area contributed by atoms with E-state index in [0.29, 0.717) is 16.0 Å². The Morgan fingerprint density at radius 1 is 1.11 bits per heavy atom. The number of benzene rings is 1. The number of hydrogen-bond acceptors (Lipinski definition) is 3. The van der Waals surface area contributed by atoms with Gasteiger partial charge in [-0.1, -0.05) is 34.8 Å². The first-order valence-corrected chi connectivity index (χ1v) is 7.37. The Balaban J connectivity index is 2.27. The molecule has 0 unspecified atom stereocenters. The summed E-state index contributed by atoms with van der Waals surface area (Å²) < 4.78 is 0. The van der Waals surface area contributed by atoms with E-state index in [2.05, 4.69) is 9.97 Å². The largest absolute Gasteiger partial charge is 0.227 e. The van der Waals surface area contributed by atoms with Gasteiger partial charge in [-0.15, -0.1) is 11.3 Å². The molecule has 0 radical (unpaired) electrons. The molecule has 2 heterocycles. The third kappa shape index (κ3) is 2.22. The predicted octanol–water partition coefficient (Wildman–Crippen LogP) is 5.28. The Labute approximate surface area is 125 Å². The molecule has 0 atom stereocenters. The lowest BCUT2D eigenvalue weighted by Gasteiger charge is -2.04. The highest BCUT2D eigenvalue weighted by Gasteiger charge is 2.14. The summed E-state index contributed by atoms with van der Waals surface area (Å²) in [6.45, 7) is 3.98. The first-order valence-electron chi connectivity index (χ1n) is 5.74. The van der Waals surface area contributed by atoms with E-state index in [-0.39, 0.29) is 0 Å². The fourth-order valence-electron chi connectivity index (χ4n) is 1.89. The van der Waals surface area contributed by atoms with Crippen molar-refractivity contribution >= 4 is 45.4 Å². The van der Waals surface area contributed by atoms with E-state index >= 15 is 0 Å². The van der Waals surface area contributed by atoms with Crippen LogP contribution in [0.4, 0.5) is 0 Å².